The maximum atomic E-state index is 13.1. The van der Waals surface area contributed by atoms with Crippen LogP contribution in [0.1, 0.15) is 18.9 Å². The summed E-state index contributed by atoms with van der Waals surface area (Å²) in [6.45, 7) is 1.40. The second-order valence-electron chi connectivity index (χ2n) is 7.69. The molecule has 1 unspecified atom stereocenters. The van der Waals surface area contributed by atoms with Crippen LogP contribution in [0.5, 0.6) is 0 Å². The second kappa shape index (κ2) is 9.00. The number of carbonyl (C=O) groups excluding carboxylic acids is 2. The SMILES string of the molecule is CC(=O)OCC(CCc1cn(C)c2ccccc12)C(=O)Nc1cccc2cccnc12. The molecule has 1 atom stereocenters. The first-order valence-electron chi connectivity index (χ1n) is 10.3. The van der Waals surface area contributed by atoms with E-state index in [0.717, 1.165) is 16.4 Å². The number of hydrogen-bond acceptors (Lipinski definition) is 4. The highest BCUT2D eigenvalue weighted by molar-refractivity contribution is 6.01. The van der Waals surface area contributed by atoms with E-state index in [4.69, 9.17) is 4.74 Å². The van der Waals surface area contributed by atoms with Crippen LogP contribution in [0.3, 0.4) is 0 Å². The fraction of sp³-hybridized carbons (Fsp3) is 0.240. The molecule has 0 aliphatic rings. The number of aryl methyl sites for hydroxylation is 2. The third-order valence-corrected chi connectivity index (χ3v) is 5.49. The van der Waals surface area contributed by atoms with Crippen LogP contribution in [-0.2, 0) is 27.8 Å². The summed E-state index contributed by atoms with van der Waals surface area (Å²) in [6, 6.07) is 17.7. The summed E-state index contributed by atoms with van der Waals surface area (Å²) < 4.78 is 7.30. The molecule has 31 heavy (non-hydrogen) atoms. The highest BCUT2D eigenvalue weighted by Crippen LogP contribution is 2.25. The van der Waals surface area contributed by atoms with Gasteiger partial charge in [-0.05, 0) is 36.6 Å². The smallest absolute Gasteiger partial charge is 0.302 e. The Labute approximate surface area is 180 Å². The molecule has 4 rings (SSSR count). The predicted octanol–water partition coefficient (Wildman–Crippen LogP) is 4.48. The van der Waals surface area contributed by atoms with Crippen molar-refractivity contribution < 1.29 is 14.3 Å². The number of nitrogens with zero attached hydrogens (tertiary/aromatic N) is 2. The third kappa shape index (κ3) is 4.58. The van der Waals surface area contributed by atoms with Crippen molar-refractivity contribution in [2.75, 3.05) is 11.9 Å². The predicted molar refractivity (Wildman–Crippen MR) is 122 cm³/mol. The van der Waals surface area contributed by atoms with Gasteiger partial charge in [-0.2, -0.15) is 0 Å². The average molecular weight is 415 g/mol. The number of carbonyl (C=O) groups is 2. The van der Waals surface area contributed by atoms with Crippen LogP contribution in [0.4, 0.5) is 5.69 Å². The number of ether oxygens (including phenoxy) is 1. The Hall–Kier alpha value is -3.67. The lowest BCUT2D eigenvalue weighted by Crippen LogP contribution is -2.28. The topological polar surface area (TPSA) is 73.2 Å². The van der Waals surface area contributed by atoms with E-state index in [1.165, 1.54) is 17.9 Å². The number of pyridine rings is 1. The van der Waals surface area contributed by atoms with E-state index >= 15 is 0 Å². The minimum absolute atomic E-state index is 0.0458. The van der Waals surface area contributed by atoms with Gasteiger partial charge in [0.1, 0.15) is 6.61 Å². The van der Waals surface area contributed by atoms with E-state index in [0.29, 0.717) is 18.5 Å². The largest absolute Gasteiger partial charge is 0.465 e. The van der Waals surface area contributed by atoms with Gasteiger partial charge in [-0.25, -0.2) is 0 Å². The molecule has 0 saturated carbocycles. The molecule has 4 aromatic rings. The summed E-state index contributed by atoms with van der Waals surface area (Å²) in [7, 11) is 2.02. The number of nitrogens with one attached hydrogen (secondary N) is 1. The van der Waals surface area contributed by atoms with Crippen LogP contribution in [0.2, 0.25) is 0 Å². The molecule has 0 fully saturated rings. The molecule has 1 amide bonds. The van der Waals surface area contributed by atoms with Crippen molar-refractivity contribution in [3.63, 3.8) is 0 Å². The van der Waals surface area contributed by atoms with Crippen LogP contribution >= 0.6 is 0 Å². The number of hydrogen-bond donors (Lipinski definition) is 1. The zero-order valence-corrected chi connectivity index (χ0v) is 17.7. The summed E-state index contributed by atoms with van der Waals surface area (Å²) in [5.74, 6) is -1.05. The summed E-state index contributed by atoms with van der Waals surface area (Å²) >= 11 is 0. The first kappa shape index (κ1) is 20.6. The molecule has 0 aliphatic carbocycles. The normalized spacial score (nSPS) is 12.1. The minimum atomic E-state index is -0.471. The standard InChI is InChI=1S/C25H25N3O3/c1-17(29)31-16-20(13-12-19-15-28(2)23-11-4-3-9-21(19)23)25(30)27-22-10-5-7-18-8-6-14-26-24(18)22/h3-11,14-15,20H,12-13,16H2,1-2H3,(H,27,30). The fourth-order valence-corrected chi connectivity index (χ4v) is 3.90. The molecule has 6 nitrogen and oxygen atoms in total. The van der Waals surface area contributed by atoms with Gasteiger partial charge >= 0.3 is 5.97 Å². The number of benzene rings is 2. The van der Waals surface area contributed by atoms with E-state index < -0.39 is 11.9 Å². The van der Waals surface area contributed by atoms with Crippen molar-refractivity contribution in [1.29, 1.82) is 0 Å². The molecule has 6 heteroatoms. The number of amides is 1. The van der Waals surface area contributed by atoms with Gasteiger partial charge in [-0.1, -0.05) is 36.4 Å². The van der Waals surface area contributed by atoms with Gasteiger partial charge in [0.2, 0.25) is 5.91 Å². The van der Waals surface area contributed by atoms with E-state index in [2.05, 4.69) is 33.2 Å². The number of aromatic nitrogens is 2. The number of fused-ring (bicyclic) bond motifs is 2. The minimum Gasteiger partial charge on any atom is -0.465 e. The van der Waals surface area contributed by atoms with E-state index in [9.17, 15) is 9.59 Å². The van der Waals surface area contributed by atoms with Crippen LogP contribution in [-0.4, -0.2) is 28.0 Å². The fourth-order valence-electron chi connectivity index (χ4n) is 3.90. The molecule has 158 valence electrons. The Balaban J connectivity index is 1.54. The molecule has 2 aromatic carbocycles. The van der Waals surface area contributed by atoms with Crippen molar-refractivity contribution >= 4 is 39.4 Å². The highest BCUT2D eigenvalue weighted by atomic mass is 16.5. The van der Waals surface area contributed by atoms with Gasteiger partial charge in [0.05, 0.1) is 17.1 Å². The molecule has 1 N–H and O–H groups in total. The Kier molecular flexibility index (Phi) is 5.98. The lowest BCUT2D eigenvalue weighted by atomic mass is 9.98. The van der Waals surface area contributed by atoms with Gasteiger partial charge in [-0.15, -0.1) is 0 Å². The molecule has 0 radical (unpaired) electrons. The Morgan fingerprint density at radius 1 is 1.10 bits per heavy atom. The first-order valence-corrected chi connectivity index (χ1v) is 10.3. The average Bonchev–Trinajstić information content (AvgIpc) is 3.09. The summed E-state index contributed by atoms with van der Waals surface area (Å²) in [5.41, 5.74) is 3.71. The van der Waals surface area contributed by atoms with Gasteiger partial charge in [0.15, 0.2) is 0 Å². The molecule has 0 aliphatic heterocycles. The van der Waals surface area contributed by atoms with E-state index in [-0.39, 0.29) is 12.5 Å². The van der Waals surface area contributed by atoms with Crippen molar-refractivity contribution in [3.05, 3.63) is 72.6 Å². The van der Waals surface area contributed by atoms with E-state index in [1.807, 2.05) is 49.5 Å². The summed E-state index contributed by atoms with van der Waals surface area (Å²) in [5, 5.41) is 5.12. The van der Waals surface area contributed by atoms with Crippen molar-refractivity contribution in [3.8, 4) is 0 Å². The van der Waals surface area contributed by atoms with Gasteiger partial charge in [0, 0.05) is 42.7 Å². The lowest BCUT2D eigenvalue weighted by Gasteiger charge is -2.17. The summed E-state index contributed by atoms with van der Waals surface area (Å²) in [4.78, 5) is 28.9. The number of para-hydroxylation sites is 2. The Bertz CT molecular complexity index is 1240. The molecule has 2 aromatic heterocycles. The van der Waals surface area contributed by atoms with Crippen LogP contribution < -0.4 is 5.32 Å². The molecule has 0 spiro atoms. The van der Waals surface area contributed by atoms with E-state index in [1.54, 1.807) is 6.20 Å². The quantitative estimate of drug-likeness (QED) is 0.452. The highest BCUT2D eigenvalue weighted by Gasteiger charge is 2.22. The first-order chi connectivity index (χ1) is 15.0. The molecule has 2 heterocycles. The number of anilines is 1. The maximum absolute atomic E-state index is 13.1. The van der Waals surface area contributed by atoms with Gasteiger partial charge in [0.25, 0.3) is 0 Å². The Morgan fingerprint density at radius 3 is 2.74 bits per heavy atom. The third-order valence-electron chi connectivity index (χ3n) is 5.49. The molecular formula is C25H25N3O3. The van der Waals surface area contributed by atoms with Gasteiger partial charge in [-0.3, -0.25) is 14.6 Å². The van der Waals surface area contributed by atoms with Crippen LogP contribution in [0.15, 0.2) is 67.0 Å². The molecular weight excluding hydrogens is 390 g/mol. The second-order valence-corrected chi connectivity index (χ2v) is 7.69. The number of esters is 1. The number of rotatable bonds is 7. The van der Waals surface area contributed by atoms with Crippen molar-refractivity contribution in [2.45, 2.75) is 19.8 Å². The van der Waals surface area contributed by atoms with Gasteiger partial charge < -0.3 is 14.6 Å². The Morgan fingerprint density at radius 2 is 1.90 bits per heavy atom. The van der Waals surface area contributed by atoms with Crippen LogP contribution in [0.25, 0.3) is 21.8 Å². The lowest BCUT2D eigenvalue weighted by molar-refractivity contribution is -0.143. The molecule has 0 saturated heterocycles. The van der Waals surface area contributed by atoms with Crippen molar-refractivity contribution in [1.82, 2.24) is 9.55 Å². The monoisotopic (exact) mass is 415 g/mol. The zero-order chi connectivity index (χ0) is 21.8. The maximum Gasteiger partial charge on any atom is 0.302 e. The molecule has 0 bridgehead atoms. The van der Waals surface area contributed by atoms with Crippen molar-refractivity contribution in [2.24, 2.45) is 13.0 Å². The zero-order valence-electron chi connectivity index (χ0n) is 17.7. The van der Waals surface area contributed by atoms with Crippen LogP contribution in [0, 0.1) is 5.92 Å². The summed E-state index contributed by atoms with van der Waals surface area (Å²) in [6.07, 6.45) is 5.06.